The van der Waals surface area contributed by atoms with E-state index in [9.17, 15) is 0 Å². The molecule has 2 aromatic heterocycles. The Morgan fingerprint density at radius 1 is 0.947 bits per heavy atom. The summed E-state index contributed by atoms with van der Waals surface area (Å²) in [6.45, 7) is 10.8. The van der Waals surface area contributed by atoms with Crippen LogP contribution in [0, 0.1) is 34.6 Å². The van der Waals surface area contributed by atoms with Gasteiger partial charge in [0.25, 0.3) is 0 Å². The van der Waals surface area contributed by atoms with Crippen molar-refractivity contribution in [3.63, 3.8) is 0 Å². The first-order valence-electron chi connectivity index (χ1n) is 6.75. The summed E-state index contributed by atoms with van der Waals surface area (Å²) in [4.78, 5) is 4.72. The largest absolute Gasteiger partial charge is 0.347 e. The normalized spacial score (nSPS) is 11.7. The van der Waals surface area contributed by atoms with E-state index in [2.05, 4.69) is 58.4 Å². The average molecular weight is 252 g/mol. The number of rotatable bonds is 0. The minimum Gasteiger partial charge on any atom is -0.347 e. The van der Waals surface area contributed by atoms with E-state index in [0.29, 0.717) is 0 Å². The smallest absolute Gasteiger partial charge is 0.0718 e. The van der Waals surface area contributed by atoms with Crippen LogP contribution in [0.25, 0.3) is 21.8 Å². The maximum Gasteiger partial charge on any atom is 0.0718 e. The standard InChI is InChI=1S/C17H20N2/c1-9-7-10(2)18-15-8-14-11(3)13(5)19(6)17(14)12(4)16(9)15/h7-8H,1-6H3. The van der Waals surface area contributed by atoms with Crippen molar-refractivity contribution in [2.24, 2.45) is 7.05 Å². The highest BCUT2D eigenvalue weighted by atomic mass is 14.9. The van der Waals surface area contributed by atoms with Crippen LogP contribution in [0.2, 0.25) is 0 Å². The van der Waals surface area contributed by atoms with Crippen molar-refractivity contribution in [1.82, 2.24) is 9.55 Å². The predicted molar refractivity (Wildman–Crippen MR) is 81.9 cm³/mol. The molecule has 0 saturated heterocycles. The van der Waals surface area contributed by atoms with Crippen LogP contribution in [0.3, 0.4) is 0 Å². The SMILES string of the molecule is Cc1cc(C)c2c(C)c3c(cc2n1)c(C)c(C)n3C. The van der Waals surface area contributed by atoms with Crippen molar-refractivity contribution in [2.75, 3.05) is 0 Å². The zero-order valence-corrected chi connectivity index (χ0v) is 12.5. The molecule has 0 bridgehead atoms. The van der Waals surface area contributed by atoms with Crippen LogP contribution in [-0.4, -0.2) is 9.55 Å². The lowest BCUT2D eigenvalue weighted by Gasteiger charge is -2.10. The van der Waals surface area contributed by atoms with E-state index in [1.165, 1.54) is 38.7 Å². The molecule has 3 aromatic rings. The molecule has 0 aliphatic heterocycles. The number of hydrogen-bond donors (Lipinski definition) is 0. The fraction of sp³-hybridized carbons (Fsp3) is 0.353. The van der Waals surface area contributed by atoms with Crippen molar-refractivity contribution in [2.45, 2.75) is 34.6 Å². The molecule has 1 aromatic carbocycles. The number of hydrogen-bond acceptors (Lipinski definition) is 1. The van der Waals surface area contributed by atoms with E-state index in [1.54, 1.807) is 0 Å². The second-order valence-corrected chi connectivity index (χ2v) is 5.64. The number of pyridine rings is 1. The summed E-state index contributed by atoms with van der Waals surface area (Å²) in [5, 5.41) is 2.64. The summed E-state index contributed by atoms with van der Waals surface area (Å²) in [6.07, 6.45) is 0. The highest BCUT2D eigenvalue weighted by Crippen LogP contribution is 2.33. The lowest BCUT2D eigenvalue weighted by Crippen LogP contribution is -1.95. The van der Waals surface area contributed by atoms with E-state index in [0.717, 1.165) is 11.2 Å². The van der Waals surface area contributed by atoms with E-state index in [-0.39, 0.29) is 0 Å². The zero-order chi connectivity index (χ0) is 13.9. The Morgan fingerprint density at radius 2 is 1.63 bits per heavy atom. The Bertz CT molecular complexity index is 823. The Kier molecular flexibility index (Phi) is 2.46. The lowest BCUT2D eigenvalue weighted by molar-refractivity contribution is 0.907. The molecular weight excluding hydrogens is 232 g/mol. The number of fused-ring (bicyclic) bond motifs is 2. The number of aromatic nitrogens is 2. The van der Waals surface area contributed by atoms with E-state index in [4.69, 9.17) is 4.98 Å². The van der Waals surface area contributed by atoms with Gasteiger partial charge in [-0.2, -0.15) is 0 Å². The van der Waals surface area contributed by atoms with Gasteiger partial charge in [0, 0.05) is 29.2 Å². The van der Waals surface area contributed by atoms with E-state index in [1.807, 2.05) is 0 Å². The predicted octanol–water partition coefficient (Wildman–Crippen LogP) is 4.27. The van der Waals surface area contributed by atoms with Gasteiger partial charge in [0.1, 0.15) is 0 Å². The molecule has 98 valence electrons. The van der Waals surface area contributed by atoms with E-state index < -0.39 is 0 Å². The second kappa shape index (κ2) is 3.83. The van der Waals surface area contributed by atoms with Crippen LogP contribution in [0.15, 0.2) is 12.1 Å². The third-order valence-corrected chi connectivity index (χ3v) is 4.42. The van der Waals surface area contributed by atoms with Crippen molar-refractivity contribution in [1.29, 1.82) is 0 Å². The first kappa shape index (κ1) is 12.2. The zero-order valence-electron chi connectivity index (χ0n) is 12.5. The maximum atomic E-state index is 4.72. The molecule has 2 nitrogen and oxygen atoms in total. The first-order valence-corrected chi connectivity index (χ1v) is 6.75. The topological polar surface area (TPSA) is 17.8 Å². The molecule has 19 heavy (non-hydrogen) atoms. The summed E-state index contributed by atoms with van der Waals surface area (Å²) >= 11 is 0. The molecule has 0 saturated carbocycles. The molecule has 0 atom stereocenters. The quantitative estimate of drug-likeness (QED) is 0.584. The molecule has 3 rings (SSSR count). The summed E-state index contributed by atoms with van der Waals surface area (Å²) in [5.41, 5.74) is 8.92. The van der Waals surface area contributed by atoms with Crippen LogP contribution >= 0.6 is 0 Å². The Morgan fingerprint density at radius 3 is 2.32 bits per heavy atom. The van der Waals surface area contributed by atoms with Gasteiger partial charge in [0.2, 0.25) is 0 Å². The molecule has 0 N–H and O–H groups in total. The summed E-state index contributed by atoms with van der Waals surface area (Å²) in [5.74, 6) is 0. The van der Waals surface area contributed by atoms with Crippen molar-refractivity contribution in [3.8, 4) is 0 Å². The average Bonchev–Trinajstić information content (AvgIpc) is 2.54. The molecule has 2 heteroatoms. The van der Waals surface area contributed by atoms with Gasteiger partial charge in [0.15, 0.2) is 0 Å². The summed E-state index contributed by atoms with van der Waals surface area (Å²) < 4.78 is 2.30. The van der Waals surface area contributed by atoms with Crippen molar-refractivity contribution in [3.05, 3.63) is 40.2 Å². The van der Waals surface area contributed by atoms with Crippen LogP contribution in [-0.2, 0) is 7.05 Å². The number of nitrogens with zero attached hydrogens (tertiary/aromatic N) is 2. The maximum absolute atomic E-state index is 4.72. The third kappa shape index (κ3) is 1.52. The fourth-order valence-corrected chi connectivity index (χ4v) is 3.32. The fourth-order valence-electron chi connectivity index (χ4n) is 3.32. The highest BCUT2D eigenvalue weighted by molar-refractivity contribution is 6.02. The molecule has 0 spiro atoms. The minimum absolute atomic E-state index is 1.09. The van der Waals surface area contributed by atoms with Crippen molar-refractivity contribution >= 4 is 21.8 Å². The molecule has 0 aliphatic carbocycles. The first-order chi connectivity index (χ1) is 8.91. The van der Waals surface area contributed by atoms with E-state index >= 15 is 0 Å². The molecule has 0 fully saturated rings. The summed E-state index contributed by atoms with van der Waals surface area (Å²) in [7, 11) is 2.15. The molecule has 0 radical (unpaired) electrons. The van der Waals surface area contributed by atoms with Crippen LogP contribution in [0.4, 0.5) is 0 Å². The summed E-state index contributed by atoms with van der Waals surface area (Å²) in [6, 6.07) is 4.42. The molecule has 0 aliphatic rings. The van der Waals surface area contributed by atoms with Crippen LogP contribution in [0.1, 0.15) is 28.1 Å². The van der Waals surface area contributed by atoms with Gasteiger partial charge < -0.3 is 4.57 Å². The Labute approximate surface area is 114 Å². The van der Waals surface area contributed by atoms with Gasteiger partial charge in [0.05, 0.1) is 11.0 Å². The molecule has 2 heterocycles. The monoisotopic (exact) mass is 252 g/mol. The van der Waals surface area contributed by atoms with Gasteiger partial charge in [-0.25, -0.2) is 0 Å². The highest BCUT2D eigenvalue weighted by Gasteiger charge is 2.15. The van der Waals surface area contributed by atoms with Gasteiger partial charge in [-0.15, -0.1) is 0 Å². The lowest BCUT2D eigenvalue weighted by atomic mass is 10.00. The van der Waals surface area contributed by atoms with Gasteiger partial charge in [-0.05, 0) is 63.4 Å². The Hall–Kier alpha value is -1.83. The van der Waals surface area contributed by atoms with Crippen LogP contribution < -0.4 is 0 Å². The van der Waals surface area contributed by atoms with Crippen LogP contribution in [0.5, 0.6) is 0 Å². The molecular formula is C17H20N2. The van der Waals surface area contributed by atoms with Gasteiger partial charge >= 0.3 is 0 Å². The number of aryl methyl sites for hydroxylation is 5. The van der Waals surface area contributed by atoms with Gasteiger partial charge in [-0.1, -0.05) is 0 Å². The number of benzene rings is 1. The molecule has 0 unspecified atom stereocenters. The third-order valence-electron chi connectivity index (χ3n) is 4.42. The Balaban J connectivity index is 2.64. The second-order valence-electron chi connectivity index (χ2n) is 5.64. The van der Waals surface area contributed by atoms with Crippen molar-refractivity contribution < 1.29 is 0 Å². The van der Waals surface area contributed by atoms with Gasteiger partial charge in [-0.3, -0.25) is 4.98 Å². The minimum atomic E-state index is 1.09. The molecule has 0 amide bonds.